The maximum atomic E-state index is 13.2. The third kappa shape index (κ3) is 5.14. The summed E-state index contributed by atoms with van der Waals surface area (Å²) in [4.78, 5) is 30.4. The molecule has 1 fully saturated rings. The molecule has 0 spiro atoms. The summed E-state index contributed by atoms with van der Waals surface area (Å²) in [7, 11) is 0. The maximum Gasteiger partial charge on any atom is 0.256 e. The molecule has 0 unspecified atom stereocenters. The van der Waals surface area contributed by atoms with Gasteiger partial charge in [0.25, 0.3) is 5.91 Å². The zero-order chi connectivity index (χ0) is 20.8. The summed E-state index contributed by atoms with van der Waals surface area (Å²) in [5, 5.41) is 5.04. The summed E-state index contributed by atoms with van der Waals surface area (Å²) in [6.45, 7) is 4.35. The van der Waals surface area contributed by atoms with E-state index in [4.69, 9.17) is 0 Å². The van der Waals surface area contributed by atoms with Gasteiger partial charge in [0.05, 0.1) is 48.7 Å². The molecule has 4 rings (SSSR count). The minimum absolute atomic E-state index is 0.0132. The van der Waals surface area contributed by atoms with Crippen molar-refractivity contribution in [1.82, 2.24) is 4.90 Å². The molecule has 2 amide bonds. The molecule has 0 atom stereocenters. The molecule has 0 saturated carbocycles. The number of piperazine rings is 1. The first-order valence-corrected chi connectivity index (χ1v) is 11.1. The Bertz CT molecular complexity index is 981. The lowest BCUT2D eigenvalue weighted by molar-refractivity contribution is -0.917. The molecule has 5 nitrogen and oxygen atoms in total. The van der Waals surface area contributed by atoms with E-state index >= 15 is 0 Å². The first-order chi connectivity index (χ1) is 14.7. The fourth-order valence-electron chi connectivity index (χ4n) is 3.79. The minimum atomic E-state index is -0.119. The second-order valence-corrected chi connectivity index (χ2v) is 8.59. The van der Waals surface area contributed by atoms with Crippen LogP contribution in [0, 0.1) is 0 Å². The van der Waals surface area contributed by atoms with Crippen molar-refractivity contribution >= 4 is 28.8 Å². The van der Waals surface area contributed by atoms with Gasteiger partial charge in [-0.3, -0.25) is 9.59 Å². The SMILES string of the molecule is O=C(Cc1ccccc1)Nc1ccccc1C(=O)N1CC[NH+](Cc2cccs2)CC1. The van der Waals surface area contributed by atoms with Gasteiger partial charge in [0, 0.05) is 0 Å². The van der Waals surface area contributed by atoms with Gasteiger partial charge in [0.1, 0.15) is 6.54 Å². The van der Waals surface area contributed by atoms with Crippen LogP contribution in [-0.2, 0) is 17.8 Å². The van der Waals surface area contributed by atoms with Crippen LogP contribution >= 0.6 is 11.3 Å². The number of nitrogens with zero attached hydrogens (tertiary/aromatic N) is 1. The Morgan fingerprint density at radius 3 is 2.40 bits per heavy atom. The number of quaternary nitrogens is 1. The van der Waals surface area contributed by atoms with E-state index in [0.717, 1.165) is 38.3 Å². The van der Waals surface area contributed by atoms with Gasteiger partial charge in [-0.1, -0.05) is 48.5 Å². The van der Waals surface area contributed by atoms with E-state index in [1.807, 2.05) is 47.4 Å². The highest BCUT2D eigenvalue weighted by Crippen LogP contribution is 2.18. The number of carbonyl (C=O) groups excluding carboxylic acids is 2. The van der Waals surface area contributed by atoms with Crippen molar-refractivity contribution in [3.63, 3.8) is 0 Å². The van der Waals surface area contributed by atoms with Crippen molar-refractivity contribution in [3.05, 3.63) is 88.1 Å². The van der Waals surface area contributed by atoms with Crippen LogP contribution in [0.25, 0.3) is 0 Å². The highest BCUT2D eigenvalue weighted by atomic mass is 32.1. The number of hydrogen-bond acceptors (Lipinski definition) is 3. The van der Waals surface area contributed by atoms with Crippen molar-refractivity contribution < 1.29 is 14.5 Å². The van der Waals surface area contributed by atoms with Crippen LogP contribution in [0.5, 0.6) is 0 Å². The number of para-hydroxylation sites is 1. The van der Waals surface area contributed by atoms with E-state index < -0.39 is 0 Å². The molecular formula is C24H26N3O2S+. The van der Waals surface area contributed by atoms with Crippen LogP contribution in [-0.4, -0.2) is 42.9 Å². The summed E-state index contributed by atoms with van der Waals surface area (Å²) in [5.74, 6) is -0.132. The molecule has 154 valence electrons. The van der Waals surface area contributed by atoms with Gasteiger partial charge in [0.2, 0.25) is 5.91 Å². The molecule has 2 heterocycles. The summed E-state index contributed by atoms with van der Waals surface area (Å²) < 4.78 is 0. The molecule has 3 aromatic rings. The molecule has 1 saturated heterocycles. The predicted molar refractivity (Wildman–Crippen MR) is 120 cm³/mol. The normalized spacial score (nSPS) is 14.5. The number of nitrogens with one attached hydrogen (secondary N) is 2. The lowest BCUT2D eigenvalue weighted by atomic mass is 10.1. The van der Waals surface area contributed by atoms with Crippen LogP contribution in [0.4, 0.5) is 5.69 Å². The topological polar surface area (TPSA) is 53.9 Å². The average molecular weight is 421 g/mol. The summed E-state index contributed by atoms with van der Waals surface area (Å²) in [6, 6.07) is 21.2. The Morgan fingerprint density at radius 1 is 0.933 bits per heavy atom. The molecule has 0 aliphatic carbocycles. The Kier molecular flexibility index (Phi) is 6.57. The van der Waals surface area contributed by atoms with Crippen LogP contribution < -0.4 is 10.2 Å². The van der Waals surface area contributed by atoms with Crippen molar-refractivity contribution in [2.24, 2.45) is 0 Å². The van der Waals surface area contributed by atoms with Gasteiger partial charge in [-0.05, 0) is 29.1 Å². The smallest absolute Gasteiger partial charge is 0.256 e. The zero-order valence-electron chi connectivity index (χ0n) is 16.8. The van der Waals surface area contributed by atoms with E-state index in [9.17, 15) is 9.59 Å². The Labute approximate surface area is 180 Å². The maximum absolute atomic E-state index is 13.2. The molecule has 1 aromatic heterocycles. The number of anilines is 1. The quantitative estimate of drug-likeness (QED) is 0.644. The van der Waals surface area contributed by atoms with Gasteiger partial charge >= 0.3 is 0 Å². The number of carbonyl (C=O) groups is 2. The van der Waals surface area contributed by atoms with Gasteiger partial charge < -0.3 is 15.1 Å². The lowest BCUT2D eigenvalue weighted by Gasteiger charge is -2.32. The average Bonchev–Trinajstić information content (AvgIpc) is 3.28. The molecule has 2 N–H and O–H groups in total. The molecule has 30 heavy (non-hydrogen) atoms. The second kappa shape index (κ2) is 9.69. The van der Waals surface area contributed by atoms with Crippen molar-refractivity contribution in [2.45, 2.75) is 13.0 Å². The highest BCUT2D eigenvalue weighted by molar-refractivity contribution is 7.09. The molecule has 1 aliphatic heterocycles. The first-order valence-electron chi connectivity index (χ1n) is 10.3. The van der Waals surface area contributed by atoms with Crippen LogP contribution in [0.2, 0.25) is 0 Å². The fourth-order valence-corrected chi connectivity index (χ4v) is 4.56. The Morgan fingerprint density at radius 2 is 1.67 bits per heavy atom. The van der Waals surface area contributed by atoms with Gasteiger partial charge in [-0.2, -0.15) is 0 Å². The van der Waals surface area contributed by atoms with Crippen LogP contribution in [0.3, 0.4) is 0 Å². The molecule has 0 radical (unpaired) electrons. The minimum Gasteiger partial charge on any atom is -0.328 e. The van der Waals surface area contributed by atoms with Crippen LogP contribution in [0.15, 0.2) is 72.1 Å². The van der Waals surface area contributed by atoms with Crippen molar-refractivity contribution in [3.8, 4) is 0 Å². The third-order valence-electron chi connectivity index (χ3n) is 5.40. The van der Waals surface area contributed by atoms with Crippen LogP contribution in [0.1, 0.15) is 20.8 Å². The largest absolute Gasteiger partial charge is 0.328 e. The summed E-state index contributed by atoms with van der Waals surface area (Å²) in [5.41, 5.74) is 2.08. The van der Waals surface area contributed by atoms with Crippen molar-refractivity contribution in [2.75, 3.05) is 31.5 Å². The Hall–Kier alpha value is -2.96. The van der Waals surface area contributed by atoms with E-state index in [2.05, 4.69) is 22.8 Å². The van der Waals surface area contributed by atoms with Crippen molar-refractivity contribution in [1.29, 1.82) is 0 Å². The lowest BCUT2D eigenvalue weighted by Crippen LogP contribution is -3.13. The van der Waals surface area contributed by atoms with E-state index in [1.54, 1.807) is 23.5 Å². The van der Waals surface area contributed by atoms with E-state index in [0.29, 0.717) is 11.3 Å². The number of thiophene rings is 1. The molecule has 0 bridgehead atoms. The summed E-state index contributed by atoms with van der Waals surface area (Å²) >= 11 is 1.79. The van der Waals surface area contributed by atoms with E-state index in [1.165, 1.54) is 9.78 Å². The molecule has 6 heteroatoms. The second-order valence-electron chi connectivity index (χ2n) is 7.55. The predicted octanol–water partition coefficient (Wildman–Crippen LogP) is 2.47. The highest BCUT2D eigenvalue weighted by Gasteiger charge is 2.26. The standard InChI is InChI=1S/C24H25N3O2S/c28-23(17-19-7-2-1-3-8-19)25-22-11-5-4-10-21(22)24(29)27-14-12-26(13-15-27)18-20-9-6-16-30-20/h1-11,16H,12-15,17-18H2,(H,25,28)/p+1. The zero-order valence-corrected chi connectivity index (χ0v) is 17.7. The number of hydrogen-bond donors (Lipinski definition) is 2. The number of benzene rings is 2. The summed E-state index contributed by atoms with van der Waals surface area (Å²) in [6.07, 6.45) is 0.286. The van der Waals surface area contributed by atoms with Gasteiger partial charge in [0.15, 0.2) is 0 Å². The van der Waals surface area contributed by atoms with Gasteiger partial charge in [-0.25, -0.2) is 0 Å². The molecular weight excluding hydrogens is 394 g/mol. The molecule has 1 aliphatic rings. The van der Waals surface area contributed by atoms with E-state index in [-0.39, 0.29) is 18.2 Å². The monoisotopic (exact) mass is 420 g/mol. The number of rotatable bonds is 6. The Balaban J connectivity index is 1.37. The fraction of sp³-hybridized carbons (Fsp3) is 0.250. The van der Waals surface area contributed by atoms with Gasteiger partial charge in [-0.15, -0.1) is 11.3 Å². The third-order valence-corrected chi connectivity index (χ3v) is 6.28. The number of amides is 2. The molecule has 2 aromatic carbocycles. The first kappa shape index (κ1) is 20.3.